The normalized spacial score (nSPS) is 21.4. The zero-order valence-electron chi connectivity index (χ0n) is 15.8. The van der Waals surface area contributed by atoms with Crippen LogP contribution in [0.2, 0.25) is 0 Å². The molecule has 0 amide bonds. The molecule has 1 aromatic heterocycles. The molecule has 1 aliphatic heterocycles. The van der Waals surface area contributed by atoms with Crippen molar-refractivity contribution < 1.29 is 0 Å². The number of rotatable bonds is 7. The van der Waals surface area contributed by atoms with Crippen molar-refractivity contribution in [3.05, 3.63) is 36.0 Å². The summed E-state index contributed by atoms with van der Waals surface area (Å²) in [5.74, 6) is 1.68. The third-order valence-electron chi connectivity index (χ3n) is 5.59. The van der Waals surface area contributed by atoms with Crippen molar-refractivity contribution in [2.24, 2.45) is 10.9 Å². The lowest BCUT2D eigenvalue weighted by atomic mass is 10.1. The van der Waals surface area contributed by atoms with Gasteiger partial charge in [-0.15, -0.1) is 0 Å². The van der Waals surface area contributed by atoms with Gasteiger partial charge in [0.05, 0.1) is 0 Å². The van der Waals surface area contributed by atoms with Gasteiger partial charge in [0.15, 0.2) is 5.96 Å². The number of aliphatic imine (C=N–C) groups is 1. The average molecular weight is 354 g/mol. The molecule has 1 atom stereocenters. The van der Waals surface area contributed by atoms with E-state index in [0.717, 1.165) is 44.0 Å². The van der Waals surface area contributed by atoms with Gasteiger partial charge in [-0.1, -0.05) is 18.2 Å². The number of hydrogen-bond donors (Lipinski definition) is 3. The Morgan fingerprint density at radius 3 is 2.96 bits per heavy atom. The highest BCUT2D eigenvalue weighted by Crippen LogP contribution is 2.31. The van der Waals surface area contributed by atoms with Crippen LogP contribution in [0.1, 0.15) is 31.7 Å². The third-order valence-corrected chi connectivity index (χ3v) is 5.59. The second-order valence-corrected chi connectivity index (χ2v) is 7.64. The van der Waals surface area contributed by atoms with E-state index in [1.165, 1.54) is 48.8 Å². The third kappa shape index (κ3) is 4.21. The fourth-order valence-corrected chi connectivity index (χ4v) is 4.00. The lowest BCUT2D eigenvalue weighted by Gasteiger charge is -2.15. The predicted octanol–water partition coefficient (Wildman–Crippen LogP) is 2.75. The number of nitrogens with zero attached hydrogens (tertiary/aromatic N) is 2. The molecule has 26 heavy (non-hydrogen) atoms. The van der Waals surface area contributed by atoms with E-state index >= 15 is 0 Å². The van der Waals surface area contributed by atoms with Gasteiger partial charge in [-0.25, -0.2) is 0 Å². The molecule has 2 aliphatic rings. The molecule has 5 heteroatoms. The fourth-order valence-electron chi connectivity index (χ4n) is 4.00. The monoisotopic (exact) mass is 353 g/mol. The van der Waals surface area contributed by atoms with Crippen LogP contribution in [-0.2, 0) is 6.42 Å². The van der Waals surface area contributed by atoms with Gasteiger partial charge in [0.25, 0.3) is 0 Å². The molecule has 2 aromatic rings. The zero-order valence-corrected chi connectivity index (χ0v) is 15.8. The van der Waals surface area contributed by atoms with Crippen molar-refractivity contribution in [1.82, 2.24) is 20.5 Å². The van der Waals surface area contributed by atoms with Gasteiger partial charge in [-0.05, 0) is 56.7 Å². The number of likely N-dealkylation sites (tertiary alicyclic amines) is 1. The Bertz CT molecular complexity index is 746. The number of fused-ring (bicyclic) bond motifs is 1. The second kappa shape index (κ2) is 8.12. The van der Waals surface area contributed by atoms with Crippen LogP contribution < -0.4 is 10.6 Å². The summed E-state index contributed by atoms with van der Waals surface area (Å²) >= 11 is 0. The molecule has 1 aromatic carbocycles. The number of nitrogens with one attached hydrogen (secondary N) is 3. The van der Waals surface area contributed by atoms with Crippen LogP contribution in [0.5, 0.6) is 0 Å². The van der Waals surface area contributed by atoms with Gasteiger partial charge in [0.1, 0.15) is 0 Å². The molecule has 140 valence electrons. The van der Waals surface area contributed by atoms with E-state index in [1.54, 1.807) is 0 Å². The smallest absolute Gasteiger partial charge is 0.191 e. The van der Waals surface area contributed by atoms with Crippen LogP contribution in [0, 0.1) is 5.92 Å². The van der Waals surface area contributed by atoms with Gasteiger partial charge in [-0.2, -0.15) is 0 Å². The van der Waals surface area contributed by atoms with E-state index < -0.39 is 0 Å². The van der Waals surface area contributed by atoms with Gasteiger partial charge < -0.3 is 20.5 Å². The fraction of sp³-hybridized carbons (Fsp3) is 0.571. The topological polar surface area (TPSA) is 55.5 Å². The Balaban J connectivity index is 1.27. The number of hydrogen-bond acceptors (Lipinski definition) is 2. The molecule has 1 saturated carbocycles. The molecular weight excluding hydrogens is 322 g/mol. The van der Waals surface area contributed by atoms with Crippen LogP contribution in [0.3, 0.4) is 0 Å². The lowest BCUT2D eigenvalue weighted by molar-refractivity contribution is 0.315. The molecule has 4 rings (SSSR count). The minimum Gasteiger partial charge on any atom is -0.361 e. The largest absolute Gasteiger partial charge is 0.361 e. The molecule has 0 radical (unpaired) electrons. The van der Waals surface area contributed by atoms with Gasteiger partial charge in [0.2, 0.25) is 0 Å². The first-order chi connectivity index (χ1) is 12.8. The Kier molecular flexibility index (Phi) is 5.44. The summed E-state index contributed by atoms with van der Waals surface area (Å²) < 4.78 is 0. The molecule has 1 unspecified atom stereocenters. The van der Waals surface area contributed by atoms with Crippen molar-refractivity contribution in [3.8, 4) is 0 Å². The highest BCUT2D eigenvalue weighted by molar-refractivity contribution is 5.83. The van der Waals surface area contributed by atoms with Crippen LogP contribution in [0.4, 0.5) is 0 Å². The predicted molar refractivity (Wildman–Crippen MR) is 109 cm³/mol. The highest BCUT2D eigenvalue weighted by Gasteiger charge is 2.34. The molecular formula is C21H31N5. The van der Waals surface area contributed by atoms with E-state index in [9.17, 15) is 0 Å². The maximum absolute atomic E-state index is 4.85. The first-order valence-corrected chi connectivity index (χ1v) is 10.1. The van der Waals surface area contributed by atoms with Crippen molar-refractivity contribution in [1.29, 1.82) is 0 Å². The Morgan fingerprint density at radius 2 is 2.12 bits per heavy atom. The Morgan fingerprint density at radius 1 is 1.23 bits per heavy atom. The van der Waals surface area contributed by atoms with Gasteiger partial charge in [-0.3, -0.25) is 4.99 Å². The summed E-state index contributed by atoms with van der Waals surface area (Å²) in [5, 5.41) is 8.21. The first-order valence-electron chi connectivity index (χ1n) is 10.1. The number of guanidine groups is 1. The van der Waals surface area contributed by atoms with Crippen LogP contribution in [-0.4, -0.2) is 54.6 Å². The van der Waals surface area contributed by atoms with E-state index in [1.807, 2.05) is 0 Å². The van der Waals surface area contributed by atoms with Gasteiger partial charge >= 0.3 is 0 Å². The molecule has 1 saturated heterocycles. The van der Waals surface area contributed by atoms with E-state index in [4.69, 9.17) is 4.99 Å². The number of benzene rings is 1. The zero-order chi connectivity index (χ0) is 17.8. The van der Waals surface area contributed by atoms with Crippen molar-refractivity contribution in [3.63, 3.8) is 0 Å². The Labute approximate surface area is 156 Å². The molecule has 3 N–H and O–H groups in total. The standard InChI is InChI=1S/C21H31N5/c1-2-22-21(25-13-16-10-12-26(15-16)18-7-8-18)23-11-9-17-14-24-20-6-4-3-5-19(17)20/h3-6,14,16,18,24H,2,7-13,15H2,1H3,(H2,22,23,25). The number of aromatic amines is 1. The number of aromatic nitrogens is 1. The number of para-hydroxylation sites is 1. The van der Waals surface area contributed by atoms with Crippen LogP contribution in [0.25, 0.3) is 10.9 Å². The molecule has 0 bridgehead atoms. The number of H-pyrrole nitrogens is 1. The molecule has 2 heterocycles. The maximum Gasteiger partial charge on any atom is 0.191 e. The van der Waals surface area contributed by atoms with Crippen molar-refractivity contribution >= 4 is 16.9 Å². The summed E-state index contributed by atoms with van der Waals surface area (Å²) in [6, 6.07) is 9.39. The summed E-state index contributed by atoms with van der Waals surface area (Å²) in [5.41, 5.74) is 2.57. The van der Waals surface area contributed by atoms with Crippen LogP contribution >= 0.6 is 0 Å². The molecule has 1 aliphatic carbocycles. The van der Waals surface area contributed by atoms with Crippen molar-refractivity contribution in [2.45, 2.75) is 38.6 Å². The van der Waals surface area contributed by atoms with Crippen molar-refractivity contribution in [2.75, 3.05) is 32.7 Å². The van der Waals surface area contributed by atoms with E-state index in [0.29, 0.717) is 0 Å². The minimum absolute atomic E-state index is 0.722. The first kappa shape index (κ1) is 17.4. The van der Waals surface area contributed by atoms with E-state index in [2.05, 4.69) is 57.9 Å². The second-order valence-electron chi connectivity index (χ2n) is 7.64. The molecule has 2 fully saturated rings. The highest BCUT2D eigenvalue weighted by atomic mass is 15.2. The quantitative estimate of drug-likeness (QED) is 0.530. The molecule has 5 nitrogen and oxygen atoms in total. The maximum atomic E-state index is 4.85. The van der Waals surface area contributed by atoms with E-state index in [-0.39, 0.29) is 0 Å². The minimum atomic E-state index is 0.722. The SMILES string of the molecule is CCNC(=NCC1CCN(C2CC2)C1)NCCc1c[nH]c2ccccc12. The van der Waals surface area contributed by atoms with Gasteiger partial charge in [0, 0.05) is 49.3 Å². The summed E-state index contributed by atoms with van der Waals surface area (Å²) in [4.78, 5) is 10.9. The summed E-state index contributed by atoms with van der Waals surface area (Å²) in [6.45, 7) is 7.37. The summed E-state index contributed by atoms with van der Waals surface area (Å²) in [7, 11) is 0. The van der Waals surface area contributed by atoms with Crippen LogP contribution in [0.15, 0.2) is 35.5 Å². The lowest BCUT2D eigenvalue weighted by Crippen LogP contribution is -2.38. The summed E-state index contributed by atoms with van der Waals surface area (Å²) in [6.07, 6.45) is 7.24. The average Bonchev–Trinajstić information content (AvgIpc) is 3.27. The molecule has 0 spiro atoms. The Hall–Kier alpha value is -2.01.